The summed E-state index contributed by atoms with van der Waals surface area (Å²) in [6.45, 7) is 0. The molecule has 0 radical (unpaired) electrons. The molecule has 1 heterocycles. The molecule has 2 aromatic rings. The van der Waals surface area contributed by atoms with E-state index in [0.29, 0.717) is 5.82 Å². The highest BCUT2D eigenvalue weighted by Crippen LogP contribution is 2.15. The molecule has 0 atom stereocenters. The smallest absolute Gasteiger partial charge is 0.190 e. The van der Waals surface area contributed by atoms with E-state index in [9.17, 15) is 0 Å². The normalized spacial score (nSPS) is 9.46. The van der Waals surface area contributed by atoms with E-state index in [4.69, 9.17) is 5.26 Å². The Morgan fingerprint density at radius 1 is 1.23 bits per heavy atom. The van der Waals surface area contributed by atoms with Crippen LogP contribution in [0.3, 0.4) is 0 Å². The zero-order chi connectivity index (χ0) is 9.10. The summed E-state index contributed by atoms with van der Waals surface area (Å²) in [5, 5.41) is 8.74. The van der Waals surface area contributed by atoms with Gasteiger partial charge in [0.05, 0.1) is 0 Å². The molecule has 0 unspecified atom stereocenters. The van der Waals surface area contributed by atoms with Crippen LogP contribution in [0.4, 0.5) is 0 Å². The maximum atomic E-state index is 8.74. The summed E-state index contributed by atoms with van der Waals surface area (Å²) in [4.78, 5) is 4.10. The summed E-state index contributed by atoms with van der Waals surface area (Å²) in [7, 11) is 0. The Balaban J connectivity index is 2.54. The van der Waals surface area contributed by atoms with E-state index in [-0.39, 0.29) is 0 Å². The van der Waals surface area contributed by atoms with Crippen LogP contribution in [0.1, 0.15) is 0 Å². The molecule has 0 aliphatic rings. The van der Waals surface area contributed by atoms with Gasteiger partial charge in [-0.2, -0.15) is 5.26 Å². The monoisotopic (exact) mass is 169 g/mol. The van der Waals surface area contributed by atoms with Crippen molar-refractivity contribution in [3.63, 3.8) is 0 Å². The lowest BCUT2D eigenvalue weighted by molar-refractivity contribution is 1.09. The number of aromatic nitrogens is 2. The first-order valence-electron chi connectivity index (χ1n) is 3.90. The van der Waals surface area contributed by atoms with E-state index >= 15 is 0 Å². The average molecular weight is 169 g/mol. The van der Waals surface area contributed by atoms with Crippen molar-refractivity contribution in [3.8, 4) is 17.6 Å². The lowest BCUT2D eigenvalue weighted by Crippen LogP contribution is -1.90. The third-order valence-corrected chi connectivity index (χ3v) is 1.78. The van der Waals surface area contributed by atoms with Gasteiger partial charge in [-0.05, 0) is 0 Å². The molecule has 0 N–H and O–H groups in total. The van der Waals surface area contributed by atoms with Crippen molar-refractivity contribution >= 4 is 0 Å². The van der Waals surface area contributed by atoms with Gasteiger partial charge in [-0.1, -0.05) is 30.3 Å². The largest absolute Gasteiger partial charge is 0.236 e. The first kappa shape index (κ1) is 7.56. The van der Waals surface area contributed by atoms with Crippen LogP contribution in [0.2, 0.25) is 0 Å². The molecule has 3 heteroatoms. The van der Waals surface area contributed by atoms with Crippen molar-refractivity contribution in [1.29, 1.82) is 5.26 Å². The Hall–Kier alpha value is -2.08. The molecular formula is C10H7N3. The fraction of sp³-hybridized carbons (Fsp3) is 0. The van der Waals surface area contributed by atoms with E-state index in [0.717, 1.165) is 5.56 Å². The predicted molar refractivity (Wildman–Crippen MR) is 48.7 cm³/mol. The number of benzene rings is 1. The van der Waals surface area contributed by atoms with E-state index in [2.05, 4.69) is 4.98 Å². The topological polar surface area (TPSA) is 41.6 Å². The third kappa shape index (κ3) is 1.30. The maximum absolute atomic E-state index is 8.74. The van der Waals surface area contributed by atoms with Crippen LogP contribution in [0, 0.1) is 11.5 Å². The van der Waals surface area contributed by atoms with Gasteiger partial charge in [0.15, 0.2) is 12.0 Å². The number of nitriles is 1. The number of imidazole rings is 1. The van der Waals surface area contributed by atoms with E-state index in [1.54, 1.807) is 12.4 Å². The molecule has 3 nitrogen and oxygen atoms in total. The standard InChI is InChI=1S/C10H7N3/c11-8-13-7-6-12-10(13)9-4-2-1-3-5-9/h1-7H. The van der Waals surface area contributed by atoms with E-state index in [1.807, 2.05) is 36.5 Å². The first-order valence-corrected chi connectivity index (χ1v) is 3.90. The van der Waals surface area contributed by atoms with Crippen LogP contribution < -0.4 is 0 Å². The number of hydrogen-bond donors (Lipinski definition) is 0. The van der Waals surface area contributed by atoms with Crippen molar-refractivity contribution in [2.75, 3.05) is 0 Å². The molecule has 0 saturated carbocycles. The molecule has 0 spiro atoms. The van der Waals surface area contributed by atoms with Crippen LogP contribution >= 0.6 is 0 Å². The van der Waals surface area contributed by atoms with Gasteiger partial charge in [0.2, 0.25) is 0 Å². The summed E-state index contributed by atoms with van der Waals surface area (Å²) in [5.74, 6) is 0.683. The molecule has 0 bridgehead atoms. The van der Waals surface area contributed by atoms with Gasteiger partial charge in [0, 0.05) is 18.0 Å². The van der Waals surface area contributed by atoms with Crippen molar-refractivity contribution in [2.24, 2.45) is 0 Å². The third-order valence-electron chi connectivity index (χ3n) is 1.78. The molecule has 2 rings (SSSR count). The van der Waals surface area contributed by atoms with Gasteiger partial charge in [-0.3, -0.25) is 0 Å². The van der Waals surface area contributed by atoms with E-state index in [1.165, 1.54) is 4.57 Å². The van der Waals surface area contributed by atoms with Gasteiger partial charge >= 0.3 is 0 Å². The van der Waals surface area contributed by atoms with E-state index < -0.39 is 0 Å². The zero-order valence-electron chi connectivity index (χ0n) is 6.88. The second-order valence-corrected chi connectivity index (χ2v) is 2.59. The molecule has 1 aromatic carbocycles. The van der Waals surface area contributed by atoms with Crippen LogP contribution in [-0.2, 0) is 0 Å². The molecule has 13 heavy (non-hydrogen) atoms. The molecule has 62 valence electrons. The van der Waals surface area contributed by atoms with Crippen molar-refractivity contribution in [2.45, 2.75) is 0 Å². The Kier molecular flexibility index (Phi) is 1.81. The Morgan fingerprint density at radius 3 is 2.69 bits per heavy atom. The van der Waals surface area contributed by atoms with Gasteiger partial charge in [-0.25, -0.2) is 9.55 Å². The second kappa shape index (κ2) is 3.11. The Morgan fingerprint density at radius 2 is 2.00 bits per heavy atom. The van der Waals surface area contributed by atoms with Crippen molar-refractivity contribution < 1.29 is 0 Å². The minimum absolute atomic E-state index is 0.683. The summed E-state index contributed by atoms with van der Waals surface area (Å²) < 4.78 is 1.44. The lowest BCUT2D eigenvalue weighted by atomic mass is 10.2. The van der Waals surface area contributed by atoms with Gasteiger partial charge < -0.3 is 0 Å². The minimum atomic E-state index is 0.683. The molecule has 1 aromatic heterocycles. The molecule has 0 fully saturated rings. The molecule has 0 amide bonds. The first-order chi connectivity index (χ1) is 6.42. The SMILES string of the molecule is N#Cn1ccnc1-c1ccccc1. The highest BCUT2D eigenvalue weighted by Gasteiger charge is 2.02. The summed E-state index contributed by atoms with van der Waals surface area (Å²) in [6.07, 6.45) is 5.29. The minimum Gasteiger partial charge on any atom is -0.236 e. The molecule has 0 aliphatic carbocycles. The molecule has 0 saturated heterocycles. The fourth-order valence-corrected chi connectivity index (χ4v) is 1.18. The zero-order valence-corrected chi connectivity index (χ0v) is 6.88. The van der Waals surface area contributed by atoms with Gasteiger partial charge in [0.1, 0.15) is 0 Å². The van der Waals surface area contributed by atoms with Gasteiger partial charge in [-0.15, -0.1) is 0 Å². The summed E-state index contributed by atoms with van der Waals surface area (Å²) >= 11 is 0. The Labute approximate surface area is 75.9 Å². The highest BCUT2D eigenvalue weighted by molar-refractivity contribution is 5.55. The predicted octanol–water partition coefficient (Wildman–Crippen LogP) is 1.88. The van der Waals surface area contributed by atoms with Crippen LogP contribution in [0.5, 0.6) is 0 Å². The summed E-state index contributed by atoms with van der Waals surface area (Å²) in [5.41, 5.74) is 0.953. The summed E-state index contributed by atoms with van der Waals surface area (Å²) in [6, 6.07) is 9.63. The maximum Gasteiger partial charge on any atom is 0.190 e. The average Bonchev–Trinajstić information content (AvgIpc) is 2.67. The number of rotatable bonds is 1. The van der Waals surface area contributed by atoms with Crippen LogP contribution in [-0.4, -0.2) is 9.55 Å². The second-order valence-electron chi connectivity index (χ2n) is 2.59. The molecule has 0 aliphatic heterocycles. The van der Waals surface area contributed by atoms with Gasteiger partial charge in [0.25, 0.3) is 0 Å². The van der Waals surface area contributed by atoms with Crippen LogP contribution in [0.15, 0.2) is 42.7 Å². The fourth-order valence-electron chi connectivity index (χ4n) is 1.18. The Bertz CT molecular complexity index is 437. The quantitative estimate of drug-likeness (QED) is 0.654. The number of hydrogen-bond acceptors (Lipinski definition) is 2. The van der Waals surface area contributed by atoms with Crippen LogP contribution in [0.25, 0.3) is 11.4 Å². The number of nitrogens with zero attached hydrogens (tertiary/aromatic N) is 3. The van der Waals surface area contributed by atoms with Crippen molar-refractivity contribution in [1.82, 2.24) is 9.55 Å². The molecular weight excluding hydrogens is 162 g/mol. The van der Waals surface area contributed by atoms with Crippen molar-refractivity contribution in [3.05, 3.63) is 42.7 Å². The lowest BCUT2D eigenvalue weighted by Gasteiger charge is -1.97. The highest BCUT2D eigenvalue weighted by atomic mass is 15.0.